The molecule has 0 saturated carbocycles. The van der Waals surface area contributed by atoms with E-state index in [4.69, 9.17) is 5.11 Å². The molecular formula is C11H15N5O2. The largest absolute Gasteiger partial charge is 0.476 e. The zero-order valence-electron chi connectivity index (χ0n) is 10.5. The third-order valence-corrected chi connectivity index (χ3v) is 2.69. The minimum absolute atomic E-state index is 0.0155. The number of rotatable bonds is 4. The van der Waals surface area contributed by atoms with Crippen molar-refractivity contribution in [2.45, 2.75) is 33.4 Å². The first-order chi connectivity index (χ1) is 8.49. The molecule has 0 amide bonds. The van der Waals surface area contributed by atoms with Crippen LogP contribution in [0.1, 0.15) is 41.8 Å². The summed E-state index contributed by atoms with van der Waals surface area (Å²) in [6, 6.07) is 2.19. The van der Waals surface area contributed by atoms with Gasteiger partial charge in [0.1, 0.15) is 0 Å². The Kier molecular flexibility index (Phi) is 3.14. The number of carbonyl (C=O) groups is 1. The van der Waals surface area contributed by atoms with Crippen LogP contribution in [0.25, 0.3) is 0 Å². The van der Waals surface area contributed by atoms with Crippen LogP contribution < -0.4 is 0 Å². The molecule has 18 heavy (non-hydrogen) atoms. The van der Waals surface area contributed by atoms with Crippen molar-refractivity contribution >= 4 is 5.97 Å². The smallest absolute Gasteiger partial charge is 0.358 e. The van der Waals surface area contributed by atoms with Crippen LogP contribution in [0.2, 0.25) is 0 Å². The number of carboxylic acids is 1. The fourth-order valence-corrected chi connectivity index (χ4v) is 1.61. The van der Waals surface area contributed by atoms with Gasteiger partial charge in [-0.05, 0) is 26.8 Å². The second kappa shape index (κ2) is 4.59. The number of hydrogen-bond acceptors (Lipinski definition) is 4. The van der Waals surface area contributed by atoms with Crippen LogP contribution in [0.4, 0.5) is 0 Å². The van der Waals surface area contributed by atoms with E-state index in [-0.39, 0.29) is 5.69 Å². The molecule has 0 bridgehead atoms. The van der Waals surface area contributed by atoms with Gasteiger partial charge in [-0.25, -0.2) is 9.48 Å². The molecule has 2 aromatic rings. The van der Waals surface area contributed by atoms with Gasteiger partial charge in [-0.15, -0.1) is 5.10 Å². The monoisotopic (exact) mass is 249 g/mol. The Balaban J connectivity index is 2.20. The highest BCUT2D eigenvalue weighted by Crippen LogP contribution is 2.08. The quantitative estimate of drug-likeness (QED) is 0.877. The second-order valence-electron chi connectivity index (χ2n) is 4.37. The maximum absolute atomic E-state index is 10.8. The lowest BCUT2D eigenvalue weighted by Gasteiger charge is -2.04. The first kappa shape index (κ1) is 12.3. The van der Waals surface area contributed by atoms with Gasteiger partial charge in [0.05, 0.1) is 17.9 Å². The molecule has 0 atom stereocenters. The van der Waals surface area contributed by atoms with Gasteiger partial charge in [-0.1, -0.05) is 5.21 Å². The van der Waals surface area contributed by atoms with Crippen molar-refractivity contribution in [1.29, 1.82) is 0 Å². The van der Waals surface area contributed by atoms with Crippen molar-refractivity contribution in [2.75, 3.05) is 0 Å². The maximum Gasteiger partial charge on any atom is 0.358 e. The highest BCUT2D eigenvalue weighted by atomic mass is 16.4. The Morgan fingerprint density at radius 3 is 2.72 bits per heavy atom. The van der Waals surface area contributed by atoms with Crippen molar-refractivity contribution in [2.24, 2.45) is 0 Å². The summed E-state index contributed by atoms with van der Waals surface area (Å²) in [5.74, 6) is -1.06. The Bertz CT molecular complexity index is 570. The molecule has 0 fully saturated rings. The van der Waals surface area contributed by atoms with E-state index in [0.717, 1.165) is 5.69 Å². The van der Waals surface area contributed by atoms with E-state index >= 15 is 0 Å². The lowest BCUT2D eigenvalue weighted by molar-refractivity contribution is 0.0689. The molecule has 0 unspecified atom stereocenters. The number of carboxylic acid groups (broad SMARTS) is 1. The third-order valence-electron chi connectivity index (χ3n) is 2.69. The zero-order chi connectivity index (χ0) is 13.3. The van der Waals surface area contributed by atoms with Gasteiger partial charge in [0.25, 0.3) is 0 Å². The molecule has 0 radical (unpaired) electrons. The lowest BCUT2D eigenvalue weighted by Crippen LogP contribution is -2.08. The molecule has 1 N–H and O–H groups in total. The summed E-state index contributed by atoms with van der Waals surface area (Å²) in [6.45, 7) is 6.19. The molecule has 0 aliphatic heterocycles. The Morgan fingerprint density at radius 1 is 1.50 bits per heavy atom. The minimum atomic E-state index is -1.06. The summed E-state index contributed by atoms with van der Waals surface area (Å²) in [6.07, 6.45) is 1.89. The fourth-order valence-electron chi connectivity index (χ4n) is 1.61. The van der Waals surface area contributed by atoms with Crippen molar-refractivity contribution < 1.29 is 9.90 Å². The van der Waals surface area contributed by atoms with Gasteiger partial charge < -0.3 is 5.11 Å². The summed E-state index contributed by atoms with van der Waals surface area (Å²) in [4.78, 5) is 10.8. The van der Waals surface area contributed by atoms with Crippen LogP contribution in [0.15, 0.2) is 12.3 Å². The summed E-state index contributed by atoms with van der Waals surface area (Å²) in [7, 11) is 0. The molecule has 0 aromatic carbocycles. The van der Waals surface area contributed by atoms with Gasteiger partial charge in [0, 0.05) is 12.2 Å². The average Bonchev–Trinajstić information content (AvgIpc) is 2.87. The van der Waals surface area contributed by atoms with Crippen LogP contribution in [0.3, 0.4) is 0 Å². The maximum atomic E-state index is 10.8. The highest BCUT2D eigenvalue weighted by Gasteiger charge is 2.15. The second-order valence-corrected chi connectivity index (χ2v) is 4.37. The van der Waals surface area contributed by atoms with Crippen LogP contribution >= 0.6 is 0 Å². The number of aromatic nitrogens is 5. The molecule has 7 nitrogen and oxygen atoms in total. The van der Waals surface area contributed by atoms with E-state index in [1.807, 2.05) is 30.8 Å². The summed E-state index contributed by atoms with van der Waals surface area (Å²) < 4.78 is 3.39. The van der Waals surface area contributed by atoms with Crippen molar-refractivity contribution in [1.82, 2.24) is 24.8 Å². The summed E-state index contributed by atoms with van der Waals surface area (Å²) in [5.41, 5.74) is 1.34. The average molecular weight is 249 g/mol. The van der Waals surface area contributed by atoms with E-state index in [9.17, 15) is 4.79 Å². The Morgan fingerprint density at radius 2 is 2.22 bits per heavy atom. The molecule has 2 aromatic heterocycles. The summed E-state index contributed by atoms with van der Waals surface area (Å²) >= 11 is 0. The van der Waals surface area contributed by atoms with Gasteiger partial charge in [-0.2, -0.15) is 5.10 Å². The molecule has 7 heteroatoms. The molecule has 0 spiro atoms. The predicted octanol–water partition coefficient (Wildman–Crippen LogP) is 1.11. The van der Waals surface area contributed by atoms with Gasteiger partial charge in [0.15, 0.2) is 5.69 Å². The Hall–Kier alpha value is -2.18. The Labute approximate surface area is 104 Å². The molecule has 2 rings (SSSR count). The molecule has 0 aliphatic rings. The van der Waals surface area contributed by atoms with E-state index in [1.165, 1.54) is 4.68 Å². The van der Waals surface area contributed by atoms with Crippen molar-refractivity contribution in [3.05, 3.63) is 29.3 Å². The molecule has 96 valence electrons. The van der Waals surface area contributed by atoms with E-state index < -0.39 is 5.97 Å². The number of nitrogens with zero attached hydrogens (tertiary/aromatic N) is 5. The first-order valence-electron chi connectivity index (χ1n) is 5.66. The first-order valence-corrected chi connectivity index (χ1v) is 5.66. The van der Waals surface area contributed by atoms with Crippen LogP contribution in [-0.2, 0) is 6.54 Å². The predicted molar refractivity (Wildman–Crippen MR) is 63.4 cm³/mol. The molecular weight excluding hydrogens is 234 g/mol. The van der Waals surface area contributed by atoms with E-state index in [1.54, 1.807) is 6.92 Å². The minimum Gasteiger partial charge on any atom is -0.476 e. The number of aromatic carboxylic acids is 1. The van der Waals surface area contributed by atoms with Crippen molar-refractivity contribution in [3.63, 3.8) is 0 Å². The standard InChI is InChI=1S/C11H15N5O2/c1-7(2)15-5-4-9(13-15)6-16-8(3)10(11(17)18)12-14-16/h4-5,7H,6H2,1-3H3,(H,17,18). The van der Waals surface area contributed by atoms with Gasteiger partial charge in [-0.3, -0.25) is 4.68 Å². The molecule has 2 heterocycles. The zero-order valence-corrected chi connectivity index (χ0v) is 10.5. The van der Waals surface area contributed by atoms with E-state index in [2.05, 4.69) is 15.4 Å². The molecule has 0 saturated heterocycles. The van der Waals surface area contributed by atoms with Crippen LogP contribution in [0, 0.1) is 6.92 Å². The van der Waals surface area contributed by atoms with Crippen LogP contribution in [-0.4, -0.2) is 35.9 Å². The van der Waals surface area contributed by atoms with Crippen LogP contribution in [0.5, 0.6) is 0 Å². The normalized spacial score (nSPS) is 11.1. The summed E-state index contributed by atoms with van der Waals surface area (Å²) in [5, 5.41) is 20.7. The third kappa shape index (κ3) is 2.24. The molecule has 0 aliphatic carbocycles. The SMILES string of the molecule is Cc1c(C(=O)O)nnn1Cc1ccn(C(C)C)n1. The lowest BCUT2D eigenvalue weighted by atomic mass is 10.3. The highest BCUT2D eigenvalue weighted by molar-refractivity contribution is 5.86. The van der Waals surface area contributed by atoms with Gasteiger partial charge >= 0.3 is 5.97 Å². The fraction of sp³-hybridized carbons (Fsp3) is 0.455. The van der Waals surface area contributed by atoms with E-state index in [0.29, 0.717) is 18.3 Å². The topological polar surface area (TPSA) is 85.8 Å². The van der Waals surface area contributed by atoms with Crippen molar-refractivity contribution in [3.8, 4) is 0 Å². The van der Waals surface area contributed by atoms with Gasteiger partial charge in [0.2, 0.25) is 0 Å². The number of hydrogen-bond donors (Lipinski definition) is 1.